The summed E-state index contributed by atoms with van der Waals surface area (Å²) in [6, 6.07) is 3.91. The zero-order valence-electron chi connectivity index (χ0n) is 8.96. The minimum Gasteiger partial charge on any atom is -0.394 e. The van der Waals surface area contributed by atoms with Gasteiger partial charge in [0.2, 0.25) is 5.91 Å². The second-order valence-corrected chi connectivity index (χ2v) is 4.80. The molecule has 1 N–H and O–H groups in total. The van der Waals surface area contributed by atoms with Crippen molar-refractivity contribution in [1.82, 2.24) is 4.90 Å². The number of morpholine rings is 1. The van der Waals surface area contributed by atoms with E-state index in [9.17, 15) is 4.79 Å². The zero-order valence-corrected chi connectivity index (χ0v) is 9.78. The van der Waals surface area contributed by atoms with Crippen molar-refractivity contribution < 1.29 is 14.6 Å². The standard InChI is InChI=1S/C11H15NO3S/c13-8-9-7-12(3-4-15-9)11(14)6-10-2-1-5-16-10/h1-2,5,9,13H,3-4,6-8H2. The first-order valence-electron chi connectivity index (χ1n) is 5.32. The number of aliphatic hydroxyl groups excluding tert-OH is 1. The monoisotopic (exact) mass is 241 g/mol. The molecule has 1 aliphatic rings. The summed E-state index contributed by atoms with van der Waals surface area (Å²) in [4.78, 5) is 14.8. The highest BCUT2D eigenvalue weighted by atomic mass is 32.1. The highest BCUT2D eigenvalue weighted by molar-refractivity contribution is 7.10. The quantitative estimate of drug-likeness (QED) is 0.839. The Labute approximate surface area is 98.4 Å². The Morgan fingerprint density at radius 1 is 1.69 bits per heavy atom. The van der Waals surface area contributed by atoms with E-state index < -0.39 is 0 Å². The van der Waals surface area contributed by atoms with Crippen LogP contribution >= 0.6 is 11.3 Å². The SMILES string of the molecule is O=C(Cc1cccs1)N1CCOC(CO)C1. The zero-order chi connectivity index (χ0) is 11.4. The van der Waals surface area contributed by atoms with E-state index in [1.54, 1.807) is 16.2 Å². The van der Waals surface area contributed by atoms with Crippen molar-refractivity contribution in [3.05, 3.63) is 22.4 Å². The molecule has 1 atom stereocenters. The molecule has 0 saturated carbocycles. The molecule has 2 heterocycles. The van der Waals surface area contributed by atoms with E-state index in [1.165, 1.54) is 0 Å². The Hall–Kier alpha value is -0.910. The highest BCUT2D eigenvalue weighted by Crippen LogP contribution is 2.12. The smallest absolute Gasteiger partial charge is 0.227 e. The summed E-state index contributed by atoms with van der Waals surface area (Å²) in [6.45, 7) is 1.62. The number of aliphatic hydroxyl groups is 1. The number of ether oxygens (including phenoxy) is 1. The first-order chi connectivity index (χ1) is 7.79. The van der Waals surface area contributed by atoms with E-state index in [0.717, 1.165) is 4.88 Å². The van der Waals surface area contributed by atoms with E-state index in [2.05, 4.69) is 0 Å². The predicted molar refractivity (Wildman–Crippen MR) is 61.4 cm³/mol. The van der Waals surface area contributed by atoms with Gasteiger partial charge in [-0.25, -0.2) is 0 Å². The summed E-state index contributed by atoms with van der Waals surface area (Å²) < 4.78 is 5.30. The van der Waals surface area contributed by atoms with Crippen LogP contribution in [0.5, 0.6) is 0 Å². The second-order valence-electron chi connectivity index (χ2n) is 3.77. The first kappa shape index (κ1) is 11.6. The number of amides is 1. The molecule has 1 saturated heterocycles. The molecule has 16 heavy (non-hydrogen) atoms. The average molecular weight is 241 g/mol. The minimum absolute atomic E-state index is 0.0250. The molecular formula is C11H15NO3S. The Morgan fingerprint density at radius 3 is 3.25 bits per heavy atom. The Balaban J connectivity index is 1.89. The van der Waals surface area contributed by atoms with Crippen molar-refractivity contribution in [2.45, 2.75) is 12.5 Å². The van der Waals surface area contributed by atoms with Crippen LogP contribution in [0.4, 0.5) is 0 Å². The van der Waals surface area contributed by atoms with Crippen LogP contribution in [0, 0.1) is 0 Å². The van der Waals surface area contributed by atoms with Gasteiger partial charge >= 0.3 is 0 Å². The lowest BCUT2D eigenvalue weighted by Crippen LogP contribution is -2.47. The molecule has 0 aliphatic carbocycles. The molecule has 1 unspecified atom stereocenters. The molecule has 1 fully saturated rings. The summed E-state index contributed by atoms with van der Waals surface area (Å²) in [5, 5.41) is 11.0. The number of rotatable bonds is 3. The third-order valence-electron chi connectivity index (χ3n) is 2.60. The van der Waals surface area contributed by atoms with Gasteiger partial charge in [0.15, 0.2) is 0 Å². The van der Waals surface area contributed by atoms with Gasteiger partial charge in [0, 0.05) is 18.0 Å². The molecule has 0 radical (unpaired) electrons. The van der Waals surface area contributed by atoms with Crippen LogP contribution in [0.15, 0.2) is 17.5 Å². The Morgan fingerprint density at radius 2 is 2.56 bits per heavy atom. The van der Waals surface area contributed by atoms with Crippen LogP contribution in [0.2, 0.25) is 0 Å². The highest BCUT2D eigenvalue weighted by Gasteiger charge is 2.23. The lowest BCUT2D eigenvalue weighted by atomic mass is 10.2. The molecule has 1 aromatic heterocycles. The summed E-state index contributed by atoms with van der Waals surface area (Å²) in [5.74, 6) is 0.115. The van der Waals surface area contributed by atoms with Gasteiger partial charge in [0.05, 0.1) is 25.7 Å². The van der Waals surface area contributed by atoms with Gasteiger partial charge in [-0.15, -0.1) is 11.3 Å². The maximum atomic E-state index is 11.9. The average Bonchev–Trinajstić information content (AvgIpc) is 2.82. The van der Waals surface area contributed by atoms with E-state index >= 15 is 0 Å². The third-order valence-corrected chi connectivity index (χ3v) is 3.48. The summed E-state index contributed by atoms with van der Waals surface area (Å²) >= 11 is 1.59. The van der Waals surface area contributed by atoms with Gasteiger partial charge in [-0.2, -0.15) is 0 Å². The number of hydrogen-bond donors (Lipinski definition) is 1. The number of hydrogen-bond acceptors (Lipinski definition) is 4. The summed E-state index contributed by atoms with van der Waals surface area (Å²) in [6.07, 6.45) is 0.233. The first-order valence-corrected chi connectivity index (χ1v) is 6.20. The van der Waals surface area contributed by atoms with Gasteiger partial charge in [-0.3, -0.25) is 4.79 Å². The lowest BCUT2D eigenvalue weighted by molar-refractivity contribution is -0.139. The topological polar surface area (TPSA) is 49.8 Å². The predicted octanol–water partition coefficient (Wildman–Crippen LogP) is 0.510. The lowest BCUT2D eigenvalue weighted by Gasteiger charge is -2.32. The van der Waals surface area contributed by atoms with Crippen LogP contribution in [0.1, 0.15) is 4.88 Å². The largest absolute Gasteiger partial charge is 0.394 e. The molecule has 88 valence electrons. The Bertz CT molecular complexity index is 339. The van der Waals surface area contributed by atoms with Crippen molar-refractivity contribution >= 4 is 17.2 Å². The van der Waals surface area contributed by atoms with Crippen molar-refractivity contribution in [3.8, 4) is 0 Å². The maximum absolute atomic E-state index is 11.9. The molecule has 5 heteroatoms. The number of carbonyl (C=O) groups is 1. The van der Waals surface area contributed by atoms with Gasteiger partial charge < -0.3 is 14.7 Å². The van der Waals surface area contributed by atoms with E-state index in [-0.39, 0.29) is 18.6 Å². The number of thiophene rings is 1. The maximum Gasteiger partial charge on any atom is 0.227 e. The molecule has 1 aromatic rings. The van der Waals surface area contributed by atoms with Crippen molar-refractivity contribution in [2.75, 3.05) is 26.3 Å². The van der Waals surface area contributed by atoms with Crippen molar-refractivity contribution in [1.29, 1.82) is 0 Å². The fraction of sp³-hybridized carbons (Fsp3) is 0.545. The third kappa shape index (κ3) is 2.81. The van der Waals surface area contributed by atoms with Crippen LogP contribution < -0.4 is 0 Å². The van der Waals surface area contributed by atoms with Crippen LogP contribution in [0.3, 0.4) is 0 Å². The summed E-state index contributed by atoms with van der Waals surface area (Å²) in [5.41, 5.74) is 0. The van der Waals surface area contributed by atoms with Gasteiger partial charge in [-0.05, 0) is 11.4 Å². The molecule has 4 nitrogen and oxygen atoms in total. The van der Waals surface area contributed by atoms with Crippen LogP contribution in [0.25, 0.3) is 0 Å². The molecular weight excluding hydrogens is 226 g/mol. The normalized spacial score (nSPS) is 21.1. The van der Waals surface area contributed by atoms with Crippen molar-refractivity contribution in [2.24, 2.45) is 0 Å². The Kier molecular flexibility index (Phi) is 3.93. The fourth-order valence-corrected chi connectivity index (χ4v) is 2.43. The van der Waals surface area contributed by atoms with E-state index in [1.807, 2.05) is 17.5 Å². The van der Waals surface area contributed by atoms with Gasteiger partial charge in [0.25, 0.3) is 0 Å². The molecule has 1 aliphatic heterocycles. The molecule has 2 rings (SSSR count). The van der Waals surface area contributed by atoms with E-state index in [4.69, 9.17) is 9.84 Å². The fourth-order valence-electron chi connectivity index (χ4n) is 1.73. The minimum atomic E-state index is -0.221. The number of carbonyl (C=O) groups excluding carboxylic acids is 1. The second kappa shape index (κ2) is 5.43. The van der Waals surface area contributed by atoms with E-state index in [0.29, 0.717) is 26.1 Å². The van der Waals surface area contributed by atoms with Crippen molar-refractivity contribution in [3.63, 3.8) is 0 Å². The molecule has 1 amide bonds. The van der Waals surface area contributed by atoms with Gasteiger partial charge in [-0.1, -0.05) is 6.07 Å². The van der Waals surface area contributed by atoms with Crippen LogP contribution in [-0.4, -0.2) is 48.3 Å². The molecule has 0 spiro atoms. The molecule has 0 aromatic carbocycles. The number of nitrogens with zero attached hydrogens (tertiary/aromatic N) is 1. The van der Waals surface area contributed by atoms with Gasteiger partial charge in [0.1, 0.15) is 0 Å². The van der Waals surface area contributed by atoms with Crippen LogP contribution in [-0.2, 0) is 16.0 Å². The molecule has 0 bridgehead atoms. The summed E-state index contributed by atoms with van der Waals surface area (Å²) in [7, 11) is 0.